The molecule has 0 saturated carbocycles. The highest BCUT2D eigenvalue weighted by molar-refractivity contribution is 6.31. The van der Waals surface area contributed by atoms with Crippen molar-refractivity contribution in [2.75, 3.05) is 33.2 Å². The molecule has 27 heavy (non-hydrogen) atoms. The molecule has 1 aromatic carbocycles. The molecule has 140 valence electrons. The third-order valence-electron chi connectivity index (χ3n) is 4.95. The lowest BCUT2D eigenvalue weighted by molar-refractivity contribution is -0.157. The van der Waals surface area contributed by atoms with Gasteiger partial charge >= 0.3 is 5.63 Å². The van der Waals surface area contributed by atoms with Crippen molar-refractivity contribution in [2.45, 2.75) is 6.04 Å². The zero-order valence-electron chi connectivity index (χ0n) is 14.5. The minimum Gasteiger partial charge on any atom is -0.422 e. The van der Waals surface area contributed by atoms with Crippen LogP contribution in [0.15, 0.2) is 33.5 Å². The number of carbonyl (C=O) groups is 3. The fourth-order valence-corrected chi connectivity index (χ4v) is 3.70. The summed E-state index contributed by atoms with van der Waals surface area (Å²) in [6.45, 7) is 0.573. The predicted molar refractivity (Wildman–Crippen MR) is 96.5 cm³/mol. The van der Waals surface area contributed by atoms with Crippen molar-refractivity contribution in [3.8, 4) is 0 Å². The van der Waals surface area contributed by atoms with E-state index in [9.17, 15) is 19.2 Å². The highest BCUT2D eigenvalue weighted by Gasteiger charge is 2.42. The van der Waals surface area contributed by atoms with E-state index in [1.54, 1.807) is 25.2 Å². The number of hydrogen-bond acceptors (Lipinski definition) is 5. The van der Waals surface area contributed by atoms with Crippen LogP contribution < -0.4 is 5.63 Å². The molecule has 0 radical (unpaired) electrons. The van der Waals surface area contributed by atoms with Crippen LogP contribution in [0, 0.1) is 0 Å². The molecule has 4 rings (SSSR count). The topological polar surface area (TPSA) is 91.1 Å². The van der Waals surface area contributed by atoms with Crippen molar-refractivity contribution in [2.24, 2.45) is 0 Å². The van der Waals surface area contributed by atoms with Gasteiger partial charge in [0.15, 0.2) is 0 Å². The first kappa shape index (κ1) is 17.5. The van der Waals surface area contributed by atoms with Crippen LogP contribution in [0.2, 0.25) is 5.02 Å². The van der Waals surface area contributed by atoms with Gasteiger partial charge in [0.25, 0.3) is 5.91 Å². The van der Waals surface area contributed by atoms with Crippen LogP contribution in [0.4, 0.5) is 0 Å². The van der Waals surface area contributed by atoms with E-state index in [1.165, 1.54) is 20.8 Å². The third-order valence-corrected chi connectivity index (χ3v) is 5.18. The maximum absolute atomic E-state index is 12.9. The summed E-state index contributed by atoms with van der Waals surface area (Å²) in [6.07, 6.45) is 0. The molecule has 2 aliphatic heterocycles. The van der Waals surface area contributed by atoms with Gasteiger partial charge < -0.3 is 19.1 Å². The van der Waals surface area contributed by atoms with E-state index in [-0.39, 0.29) is 43.6 Å². The van der Waals surface area contributed by atoms with Crippen molar-refractivity contribution < 1.29 is 18.8 Å². The van der Waals surface area contributed by atoms with Crippen LogP contribution in [0.3, 0.4) is 0 Å². The second kappa shape index (κ2) is 6.38. The average molecular weight is 390 g/mol. The minimum absolute atomic E-state index is 0.0400. The van der Waals surface area contributed by atoms with E-state index in [4.69, 9.17) is 16.0 Å². The molecule has 0 aliphatic carbocycles. The van der Waals surface area contributed by atoms with E-state index < -0.39 is 17.6 Å². The molecule has 3 amide bonds. The Kier molecular flexibility index (Phi) is 4.15. The molecule has 8 nitrogen and oxygen atoms in total. The first-order chi connectivity index (χ1) is 12.8. The van der Waals surface area contributed by atoms with E-state index >= 15 is 0 Å². The van der Waals surface area contributed by atoms with Gasteiger partial charge in [0.2, 0.25) is 11.8 Å². The predicted octanol–water partition coefficient (Wildman–Crippen LogP) is 0.571. The second-order valence-corrected chi connectivity index (χ2v) is 7.11. The number of fused-ring (bicyclic) bond motifs is 2. The van der Waals surface area contributed by atoms with Crippen molar-refractivity contribution >= 4 is 40.3 Å². The van der Waals surface area contributed by atoms with Gasteiger partial charge in [-0.2, -0.15) is 0 Å². The van der Waals surface area contributed by atoms with Gasteiger partial charge in [-0.3, -0.25) is 14.4 Å². The molecule has 0 bridgehead atoms. The van der Waals surface area contributed by atoms with Gasteiger partial charge in [-0.25, -0.2) is 4.79 Å². The number of nitrogens with zero attached hydrogens (tertiary/aromatic N) is 3. The Balaban J connectivity index is 1.64. The molecular formula is C18H16ClN3O5. The first-order valence-electron chi connectivity index (χ1n) is 8.42. The van der Waals surface area contributed by atoms with Crippen LogP contribution in [-0.4, -0.2) is 71.7 Å². The van der Waals surface area contributed by atoms with E-state index in [0.29, 0.717) is 16.0 Å². The van der Waals surface area contributed by atoms with Gasteiger partial charge in [-0.05, 0) is 24.3 Å². The Morgan fingerprint density at radius 1 is 1.19 bits per heavy atom. The van der Waals surface area contributed by atoms with Crippen LogP contribution in [-0.2, 0) is 9.59 Å². The summed E-state index contributed by atoms with van der Waals surface area (Å²) in [5.74, 6) is -0.891. The fraction of sp³-hybridized carbons (Fsp3) is 0.333. The van der Waals surface area contributed by atoms with Crippen molar-refractivity contribution in [1.29, 1.82) is 0 Å². The monoisotopic (exact) mass is 389 g/mol. The van der Waals surface area contributed by atoms with Gasteiger partial charge in [0.05, 0.1) is 13.1 Å². The Labute approximate surface area is 158 Å². The van der Waals surface area contributed by atoms with Crippen LogP contribution in [0.25, 0.3) is 11.0 Å². The molecule has 3 heterocycles. The summed E-state index contributed by atoms with van der Waals surface area (Å²) in [5.41, 5.74) is -0.540. The largest absolute Gasteiger partial charge is 0.422 e. The van der Waals surface area contributed by atoms with Crippen molar-refractivity contribution in [1.82, 2.24) is 14.7 Å². The standard InChI is InChI=1S/C18H16ClN3O5/c1-20-9-15(23)22-5-4-21(8-13(22)17(20)25)16(24)12-7-10-6-11(19)2-3-14(10)27-18(12)26/h2-3,6-7,13H,4-5,8-9H2,1H3. The zero-order chi connectivity index (χ0) is 19.3. The number of benzene rings is 1. The van der Waals surface area contributed by atoms with E-state index in [2.05, 4.69) is 0 Å². The number of rotatable bonds is 1. The lowest BCUT2D eigenvalue weighted by atomic mass is 10.1. The third kappa shape index (κ3) is 2.95. The number of hydrogen-bond donors (Lipinski definition) is 0. The minimum atomic E-state index is -0.750. The summed E-state index contributed by atoms with van der Waals surface area (Å²) < 4.78 is 5.22. The van der Waals surface area contributed by atoms with E-state index in [1.807, 2.05) is 0 Å². The van der Waals surface area contributed by atoms with Crippen LogP contribution >= 0.6 is 11.6 Å². The summed E-state index contributed by atoms with van der Waals surface area (Å²) in [7, 11) is 1.56. The van der Waals surface area contributed by atoms with E-state index in [0.717, 1.165) is 0 Å². The SMILES string of the molecule is CN1CC(=O)N2CCN(C(=O)c3cc4cc(Cl)ccc4oc3=O)CC2C1=O. The molecule has 1 unspecified atom stereocenters. The Morgan fingerprint density at radius 3 is 2.74 bits per heavy atom. The quantitative estimate of drug-likeness (QED) is 0.665. The van der Waals surface area contributed by atoms with Gasteiger partial charge in [0, 0.05) is 30.5 Å². The fourth-order valence-electron chi connectivity index (χ4n) is 3.52. The Hall–Kier alpha value is -2.87. The number of halogens is 1. The highest BCUT2D eigenvalue weighted by atomic mass is 35.5. The lowest BCUT2D eigenvalue weighted by Gasteiger charge is -2.45. The molecule has 9 heteroatoms. The Morgan fingerprint density at radius 2 is 1.96 bits per heavy atom. The smallest absolute Gasteiger partial charge is 0.349 e. The molecule has 0 N–H and O–H groups in total. The summed E-state index contributed by atoms with van der Waals surface area (Å²) in [6, 6.07) is 5.48. The molecule has 1 aromatic heterocycles. The maximum atomic E-state index is 12.9. The van der Waals surface area contributed by atoms with Crippen molar-refractivity contribution in [3.63, 3.8) is 0 Å². The second-order valence-electron chi connectivity index (χ2n) is 6.68. The molecule has 2 fully saturated rings. The average Bonchev–Trinajstić information content (AvgIpc) is 2.65. The molecule has 2 aliphatic rings. The normalized spacial score (nSPS) is 20.2. The molecular weight excluding hydrogens is 374 g/mol. The summed E-state index contributed by atoms with van der Waals surface area (Å²) in [4.78, 5) is 53.9. The number of amides is 3. The summed E-state index contributed by atoms with van der Waals surface area (Å²) >= 11 is 5.96. The van der Waals surface area contributed by atoms with Crippen LogP contribution in [0.1, 0.15) is 10.4 Å². The molecule has 0 spiro atoms. The molecule has 2 saturated heterocycles. The zero-order valence-corrected chi connectivity index (χ0v) is 15.2. The first-order valence-corrected chi connectivity index (χ1v) is 8.80. The molecule has 1 atom stereocenters. The number of piperazine rings is 2. The number of carbonyl (C=O) groups excluding carboxylic acids is 3. The van der Waals surface area contributed by atoms with Gasteiger partial charge in [-0.1, -0.05) is 11.6 Å². The van der Waals surface area contributed by atoms with Crippen molar-refractivity contribution in [3.05, 3.63) is 45.3 Å². The summed E-state index contributed by atoms with van der Waals surface area (Å²) in [5, 5.41) is 0.991. The van der Waals surface area contributed by atoms with Gasteiger partial charge in [0.1, 0.15) is 17.2 Å². The lowest BCUT2D eigenvalue weighted by Crippen LogP contribution is -2.66. The Bertz CT molecular complexity index is 1030. The maximum Gasteiger partial charge on any atom is 0.349 e. The highest BCUT2D eigenvalue weighted by Crippen LogP contribution is 2.21. The van der Waals surface area contributed by atoms with Crippen LogP contribution in [0.5, 0.6) is 0 Å². The molecule has 2 aromatic rings. The number of likely N-dealkylation sites (N-methyl/N-ethyl adjacent to an activating group) is 1. The van der Waals surface area contributed by atoms with Gasteiger partial charge in [-0.15, -0.1) is 0 Å².